The molecule has 2 aromatic carbocycles. The molecule has 10 heteroatoms. The number of piperazine rings is 1. The van der Waals surface area contributed by atoms with Crippen molar-refractivity contribution in [3.8, 4) is 5.75 Å². The van der Waals surface area contributed by atoms with E-state index < -0.39 is 13.8 Å². The third-order valence-electron chi connectivity index (χ3n) is 5.48. The number of carbonyl (C=O) groups is 1. The summed E-state index contributed by atoms with van der Waals surface area (Å²) in [5.74, 6) is 0.146. The molecule has 32 heavy (non-hydrogen) atoms. The van der Waals surface area contributed by atoms with Gasteiger partial charge in [0.15, 0.2) is 6.61 Å². The zero-order chi connectivity index (χ0) is 23.5. The van der Waals surface area contributed by atoms with Crippen LogP contribution in [-0.2, 0) is 22.1 Å². The molecule has 2 N–H and O–H groups in total. The Morgan fingerprint density at radius 3 is 2.50 bits per heavy atom. The Balaban J connectivity index is 1.61. The van der Waals surface area contributed by atoms with Crippen molar-refractivity contribution in [2.75, 3.05) is 19.7 Å². The van der Waals surface area contributed by atoms with Crippen LogP contribution in [0.4, 0.5) is 0 Å². The molecule has 1 fully saturated rings. The summed E-state index contributed by atoms with van der Waals surface area (Å²) in [4.78, 5) is 35.7. The summed E-state index contributed by atoms with van der Waals surface area (Å²) in [6.45, 7) is 6.01. The zero-order valence-electron chi connectivity index (χ0n) is 17.9. The number of hydrogen-bond acceptors (Lipinski definition) is 4. The summed E-state index contributed by atoms with van der Waals surface area (Å²) in [5.41, 5.74) is 1.53. The molecule has 7 nitrogen and oxygen atoms in total. The Hall–Kier alpha value is -1.41. The average molecular weight is 546 g/mol. The molecule has 174 valence electrons. The van der Waals surface area contributed by atoms with Gasteiger partial charge in [0, 0.05) is 46.8 Å². The van der Waals surface area contributed by atoms with Gasteiger partial charge in [0.2, 0.25) is 0 Å². The normalized spacial score (nSPS) is 19.8. The van der Waals surface area contributed by atoms with Crippen LogP contribution < -0.4 is 4.74 Å². The third-order valence-corrected chi connectivity index (χ3v) is 6.98. The van der Waals surface area contributed by atoms with Crippen molar-refractivity contribution in [2.24, 2.45) is 0 Å². The van der Waals surface area contributed by atoms with Crippen LogP contribution in [0.2, 0.25) is 5.02 Å². The van der Waals surface area contributed by atoms with E-state index in [4.69, 9.17) is 16.3 Å². The minimum absolute atomic E-state index is 0.00842. The number of carbonyl (C=O) groups excluding carboxylic acids is 1. The molecule has 0 spiro atoms. The summed E-state index contributed by atoms with van der Waals surface area (Å²) >= 11 is 9.27. The molecule has 1 amide bonds. The molecule has 3 rings (SSSR count). The van der Waals surface area contributed by atoms with Crippen molar-refractivity contribution < 1.29 is 23.9 Å². The van der Waals surface area contributed by atoms with Crippen LogP contribution in [0.25, 0.3) is 0 Å². The van der Waals surface area contributed by atoms with Crippen molar-refractivity contribution in [1.29, 1.82) is 0 Å². The predicted molar refractivity (Wildman–Crippen MR) is 128 cm³/mol. The molecule has 0 aliphatic carbocycles. The number of ether oxygens (including phenoxy) is 1. The molecule has 1 heterocycles. The maximum absolute atomic E-state index is 12.9. The predicted octanol–water partition coefficient (Wildman–Crippen LogP) is 4.28. The van der Waals surface area contributed by atoms with Crippen molar-refractivity contribution in [3.05, 3.63) is 63.1 Å². The van der Waals surface area contributed by atoms with E-state index in [2.05, 4.69) is 27.8 Å². The van der Waals surface area contributed by atoms with Crippen molar-refractivity contribution >= 4 is 41.0 Å². The zero-order valence-corrected chi connectivity index (χ0v) is 21.2. The van der Waals surface area contributed by atoms with Gasteiger partial charge in [0.1, 0.15) is 5.75 Å². The van der Waals surface area contributed by atoms with Gasteiger partial charge >= 0.3 is 7.60 Å². The smallest absolute Gasteiger partial charge is 0.330 e. The molecule has 2 atom stereocenters. The molecule has 0 unspecified atom stereocenters. The number of rotatable bonds is 7. The van der Waals surface area contributed by atoms with Gasteiger partial charge in [0.05, 0.1) is 6.16 Å². The lowest BCUT2D eigenvalue weighted by molar-refractivity contribution is -0.139. The summed E-state index contributed by atoms with van der Waals surface area (Å²) in [5, 5.41) is 0.709. The molecule has 0 radical (unpaired) electrons. The maximum Gasteiger partial charge on any atom is 0.330 e. The van der Waals surface area contributed by atoms with Crippen molar-refractivity contribution in [2.45, 2.75) is 38.6 Å². The number of hydrogen-bond donors (Lipinski definition) is 2. The number of nitrogens with zero attached hydrogens (tertiary/aromatic N) is 2. The largest absolute Gasteiger partial charge is 0.483 e. The summed E-state index contributed by atoms with van der Waals surface area (Å²) in [6, 6.07) is 12.9. The topological polar surface area (TPSA) is 90.3 Å². The van der Waals surface area contributed by atoms with E-state index in [-0.39, 0.29) is 24.6 Å². The molecule has 1 aliphatic rings. The maximum atomic E-state index is 12.9. The van der Waals surface area contributed by atoms with Gasteiger partial charge in [-0.2, -0.15) is 0 Å². The van der Waals surface area contributed by atoms with E-state index in [1.807, 2.05) is 36.1 Å². The second-order valence-electron chi connectivity index (χ2n) is 8.16. The average Bonchev–Trinajstić information content (AvgIpc) is 2.70. The Kier molecular flexibility index (Phi) is 8.42. The van der Waals surface area contributed by atoms with E-state index in [9.17, 15) is 19.1 Å². The molecular formula is C22H27BrClN2O5P. The third kappa shape index (κ3) is 7.04. The highest BCUT2D eigenvalue weighted by atomic mass is 79.9. The molecule has 1 aliphatic heterocycles. The van der Waals surface area contributed by atoms with Gasteiger partial charge < -0.3 is 19.4 Å². The fourth-order valence-corrected chi connectivity index (χ4v) is 5.07. The molecule has 0 bridgehead atoms. The van der Waals surface area contributed by atoms with Crippen molar-refractivity contribution in [3.63, 3.8) is 0 Å². The monoisotopic (exact) mass is 544 g/mol. The second kappa shape index (κ2) is 10.7. The second-order valence-corrected chi connectivity index (χ2v) is 11.2. The van der Waals surface area contributed by atoms with E-state index >= 15 is 0 Å². The highest BCUT2D eigenvalue weighted by Crippen LogP contribution is 2.42. The molecule has 1 saturated heterocycles. The van der Waals surface area contributed by atoms with E-state index in [0.717, 1.165) is 13.1 Å². The van der Waals surface area contributed by atoms with Gasteiger partial charge in [-0.15, -0.1) is 0 Å². The first-order valence-electron chi connectivity index (χ1n) is 10.3. The summed E-state index contributed by atoms with van der Waals surface area (Å²) in [6.07, 6.45) is -0.452. The van der Waals surface area contributed by atoms with Crippen LogP contribution in [-0.4, -0.2) is 57.3 Å². The van der Waals surface area contributed by atoms with Crippen LogP contribution in [0.5, 0.6) is 5.75 Å². The molecular weight excluding hydrogens is 519 g/mol. The fraction of sp³-hybridized carbons (Fsp3) is 0.409. The number of halogens is 2. The summed E-state index contributed by atoms with van der Waals surface area (Å²) in [7, 11) is -4.27. The lowest BCUT2D eigenvalue weighted by Crippen LogP contribution is -2.58. The Morgan fingerprint density at radius 1 is 1.16 bits per heavy atom. The van der Waals surface area contributed by atoms with Crippen molar-refractivity contribution in [1.82, 2.24) is 9.80 Å². The van der Waals surface area contributed by atoms with Gasteiger partial charge in [-0.25, -0.2) is 0 Å². The minimum atomic E-state index is -4.27. The highest BCUT2D eigenvalue weighted by molar-refractivity contribution is 9.10. The Morgan fingerprint density at radius 2 is 1.84 bits per heavy atom. The lowest BCUT2D eigenvalue weighted by Gasteiger charge is -2.44. The molecule has 0 aromatic heterocycles. The quantitative estimate of drug-likeness (QED) is 0.505. The van der Waals surface area contributed by atoms with Crippen LogP contribution >= 0.6 is 35.1 Å². The van der Waals surface area contributed by atoms with Gasteiger partial charge in [-0.1, -0.05) is 39.7 Å². The number of benzene rings is 2. The van der Waals surface area contributed by atoms with Crippen LogP contribution in [0.3, 0.4) is 0 Å². The first kappa shape index (κ1) is 25.2. The number of amides is 1. The first-order valence-corrected chi connectivity index (χ1v) is 13.2. The summed E-state index contributed by atoms with van der Waals surface area (Å²) < 4.78 is 17.8. The molecule has 0 saturated carbocycles. The fourth-order valence-electron chi connectivity index (χ4n) is 3.85. The first-order chi connectivity index (χ1) is 15.0. The van der Waals surface area contributed by atoms with Gasteiger partial charge in [-0.3, -0.25) is 14.3 Å². The molecule has 2 aromatic rings. The Bertz CT molecular complexity index is 1000. The lowest BCUT2D eigenvalue weighted by atomic mass is 10.1. The van der Waals surface area contributed by atoms with E-state index in [0.29, 0.717) is 27.4 Å². The van der Waals surface area contributed by atoms with E-state index in [1.165, 1.54) is 5.56 Å². The van der Waals surface area contributed by atoms with Crippen LogP contribution in [0.1, 0.15) is 25.0 Å². The SMILES string of the molecule is C[C@@H]1CN(Cc2ccc(Cl)cc2)[C@@H](C)CN1C(=O)COc1ccc(Br)cc1CP(=O)(O)O. The van der Waals surface area contributed by atoms with Crippen LogP contribution in [0, 0.1) is 0 Å². The van der Waals surface area contributed by atoms with E-state index in [1.54, 1.807) is 18.2 Å². The Labute approximate surface area is 201 Å². The van der Waals surface area contributed by atoms with Gasteiger partial charge in [0.25, 0.3) is 5.91 Å². The standard InChI is InChI=1S/C22H27BrClN2O5P/c1-15-11-26(16(2)10-25(15)12-17-3-6-20(24)7-4-17)22(27)13-31-21-8-5-19(23)9-18(21)14-32(28,29)30/h3-9,15-16H,10-14H2,1-2H3,(H2,28,29,30)/t15-,16+/m0/s1. The van der Waals surface area contributed by atoms with Gasteiger partial charge in [-0.05, 0) is 49.7 Å². The minimum Gasteiger partial charge on any atom is -0.483 e. The highest BCUT2D eigenvalue weighted by Gasteiger charge is 2.32. The van der Waals surface area contributed by atoms with Crippen LogP contribution in [0.15, 0.2) is 46.9 Å².